The molecule has 0 bridgehead atoms. The van der Waals surface area contributed by atoms with E-state index in [0.717, 1.165) is 6.07 Å². The quantitative estimate of drug-likeness (QED) is 0.559. The van der Waals surface area contributed by atoms with E-state index in [1.165, 1.54) is 12.1 Å². The molecule has 46 valence electrons. The van der Waals surface area contributed by atoms with Gasteiger partial charge < -0.3 is 5.11 Å². The largest absolute Gasteiger partial charge is 0.508 e. The van der Waals surface area contributed by atoms with Crippen LogP contribution in [0, 0.1) is 6.92 Å². The molecule has 2 nitrogen and oxygen atoms in total. The van der Waals surface area contributed by atoms with Crippen LogP contribution in [-0.4, -0.2) is 5.11 Å². The maximum Gasteiger partial charge on any atom is 0.185 e. The zero-order valence-electron chi connectivity index (χ0n) is 4.79. The van der Waals surface area contributed by atoms with Gasteiger partial charge in [0.2, 0.25) is 0 Å². The van der Waals surface area contributed by atoms with Crippen molar-refractivity contribution < 1.29 is 10.2 Å². The second kappa shape index (κ2) is 1.97. The number of hydrogen-bond acceptors (Lipinski definition) is 1. The Balaban J connectivity index is 3.17. The first-order valence-corrected chi connectivity index (χ1v) is 2.52. The summed E-state index contributed by atoms with van der Waals surface area (Å²) in [4.78, 5) is 0. The fraction of sp³-hybridized carbons (Fsp3) is 0. The predicted octanol–water partition coefficient (Wildman–Crippen LogP) is 1.72. The van der Waals surface area contributed by atoms with Gasteiger partial charge in [0, 0.05) is 11.6 Å². The molecular formula is C7H6O2. The minimum absolute atomic E-state index is 0.00704. The van der Waals surface area contributed by atoms with Gasteiger partial charge in [-0.3, -0.25) is 5.11 Å². The topological polar surface area (TPSA) is 40.1 Å². The molecule has 0 spiro atoms. The van der Waals surface area contributed by atoms with E-state index < -0.39 is 0 Å². The molecule has 0 unspecified atom stereocenters. The predicted molar refractivity (Wildman–Crippen MR) is 32.7 cm³/mol. The molecule has 0 aliphatic rings. The fourth-order valence-corrected chi connectivity index (χ4v) is 0.543. The number of hydrogen-bond donors (Lipinski definition) is 1. The van der Waals surface area contributed by atoms with Crippen molar-refractivity contribution in [2.45, 2.75) is 0 Å². The zero-order chi connectivity index (χ0) is 6.85. The van der Waals surface area contributed by atoms with Crippen molar-refractivity contribution in [3.63, 3.8) is 0 Å². The van der Waals surface area contributed by atoms with Gasteiger partial charge in [-0.15, -0.1) is 0 Å². The molecule has 1 N–H and O–H groups in total. The Bertz CT molecular complexity index is 218. The van der Waals surface area contributed by atoms with Gasteiger partial charge in [0.05, 0.1) is 0 Å². The van der Waals surface area contributed by atoms with E-state index in [1.807, 2.05) is 0 Å². The van der Waals surface area contributed by atoms with Gasteiger partial charge in [0.25, 0.3) is 0 Å². The molecule has 0 amide bonds. The minimum atomic E-state index is -0.227. The van der Waals surface area contributed by atoms with Crippen LogP contribution in [0.3, 0.4) is 0 Å². The Hall–Kier alpha value is -1.18. The van der Waals surface area contributed by atoms with Crippen LogP contribution < -0.4 is 0 Å². The van der Waals surface area contributed by atoms with Crippen LogP contribution in [0.1, 0.15) is 5.56 Å². The van der Waals surface area contributed by atoms with Crippen molar-refractivity contribution in [3.8, 4) is 11.5 Å². The molecule has 0 saturated carbocycles. The Morgan fingerprint density at radius 1 is 1.44 bits per heavy atom. The molecular weight excluding hydrogens is 116 g/mol. The summed E-state index contributed by atoms with van der Waals surface area (Å²) in [6.07, 6.45) is 0. The number of phenolic OH excluding ortho intramolecular Hbond substituents is 1. The lowest BCUT2D eigenvalue weighted by Crippen LogP contribution is -1.70. The van der Waals surface area contributed by atoms with Crippen LogP contribution in [0.2, 0.25) is 0 Å². The first-order valence-electron chi connectivity index (χ1n) is 2.52. The molecule has 0 aliphatic heterocycles. The van der Waals surface area contributed by atoms with Crippen LogP contribution in [0.4, 0.5) is 0 Å². The Morgan fingerprint density at radius 3 is 2.56 bits per heavy atom. The molecule has 1 aromatic carbocycles. The van der Waals surface area contributed by atoms with Crippen molar-refractivity contribution >= 4 is 0 Å². The molecule has 0 aromatic heterocycles. The lowest BCUT2D eigenvalue weighted by Gasteiger charge is -1.93. The maximum absolute atomic E-state index is 10.6. The highest BCUT2D eigenvalue weighted by molar-refractivity contribution is 5.40. The molecule has 2 heteroatoms. The van der Waals surface area contributed by atoms with Crippen molar-refractivity contribution in [2.75, 3.05) is 0 Å². The van der Waals surface area contributed by atoms with Crippen LogP contribution in [0.25, 0.3) is 0 Å². The van der Waals surface area contributed by atoms with E-state index in [-0.39, 0.29) is 11.5 Å². The van der Waals surface area contributed by atoms with Gasteiger partial charge >= 0.3 is 0 Å². The SMILES string of the molecule is [CH2]c1ccc(O)cc1[O]. The van der Waals surface area contributed by atoms with Crippen LogP contribution in [0.5, 0.6) is 11.5 Å². The van der Waals surface area contributed by atoms with Crippen molar-refractivity contribution in [2.24, 2.45) is 0 Å². The van der Waals surface area contributed by atoms with E-state index in [9.17, 15) is 5.11 Å². The lowest BCUT2D eigenvalue weighted by molar-refractivity contribution is 0.349. The second-order valence-electron chi connectivity index (χ2n) is 1.79. The van der Waals surface area contributed by atoms with Gasteiger partial charge in [-0.25, -0.2) is 0 Å². The first-order chi connectivity index (χ1) is 4.20. The molecule has 9 heavy (non-hydrogen) atoms. The molecule has 0 atom stereocenters. The smallest absolute Gasteiger partial charge is 0.185 e. The van der Waals surface area contributed by atoms with E-state index in [0.29, 0.717) is 5.56 Å². The van der Waals surface area contributed by atoms with Crippen molar-refractivity contribution in [1.29, 1.82) is 0 Å². The van der Waals surface area contributed by atoms with Gasteiger partial charge in [0.1, 0.15) is 5.75 Å². The van der Waals surface area contributed by atoms with E-state index in [4.69, 9.17) is 5.11 Å². The monoisotopic (exact) mass is 122 g/mol. The highest BCUT2D eigenvalue weighted by Crippen LogP contribution is 2.21. The number of phenols is 1. The summed E-state index contributed by atoms with van der Waals surface area (Å²) >= 11 is 0. The van der Waals surface area contributed by atoms with Gasteiger partial charge in [-0.05, 0) is 13.0 Å². The van der Waals surface area contributed by atoms with Gasteiger partial charge in [0.15, 0.2) is 5.75 Å². The summed E-state index contributed by atoms with van der Waals surface area (Å²) in [6.45, 7) is 3.44. The number of rotatable bonds is 0. The summed E-state index contributed by atoms with van der Waals surface area (Å²) < 4.78 is 0. The third kappa shape index (κ3) is 1.13. The van der Waals surface area contributed by atoms with Gasteiger partial charge in [-0.1, -0.05) is 6.07 Å². The molecule has 2 radical (unpaired) electrons. The van der Waals surface area contributed by atoms with E-state index in [1.54, 1.807) is 0 Å². The van der Waals surface area contributed by atoms with Gasteiger partial charge in [-0.2, -0.15) is 0 Å². The van der Waals surface area contributed by atoms with E-state index >= 15 is 0 Å². The second-order valence-corrected chi connectivity index (χ2v) is 1.79. The minimum Gasteiger partial charge on any atom is -0.508 e. The molecule has 0 aliphatic carbocycles. The first kappa shape index (κ1) is 5.95. The maximum atomic E-state index is 10.6. The highest BCUT2D eigenvalue weighted by atomic mass is 16.3. The summed E-state index contributed by atoms with van der Waals surface area (Å²) in [5.41, 5.74) is 0.410. The van der Waals surface area contributed by atoms with Crippen molar-refractivity contribution in [3.05, 3.63) is 30.7 Å². The summed E-state index contributed by atoms with van der Waals surface area (Å²) in [5, 5.41) is 19.3. The molecule has 0 fully saturated rings. The number of aromatic hydroxyl groups is 1. The summed E-state index contributed by atoms with van der Waals surface area (Å²) in [5.74, 6) is -0.234. The average molecular weight is 122 g/mol. The molecule has 0 saturated heterocycles. The third-order valence-electron chi connectivity index (χ3n) is 1.05. The Morgan fingerprint density at radius 2 is 2.11 bits per heavy atom. The number of benzene rings is 1. The lowest BCUT2D eigenvalue weighted by atomic mass is 10.2. The van der Waals surface area contributed by atoms with Crippen LogP contribution in [-0.2, 0) is 5.11 Å². The van der Waals surface area contributed by atoms with Crippen LogP contribution >= 0.6 is 0 Å². The van der Waals surface area contributed by atoms with Crippen LogP contribution in [0.15, 0.2) is 18.2 Å². The van der Waals surface area contributed by atoms with Crippen molar-refractivity contribution in [1.82, 2.24) is 0 Å². The van der Waals surface area contributed by atoms with E-state index in [2.05, 4.69) is 6.92 Å². The standard InChI is InChI=1S/C7H6O2/c1-5-2-3-6(8)4-7(5)9/h2-4,8H,1H2. The summed E-state index contributed by atoms with van der Waals surface area (Å²) in [6, 6.07) is 4.06. The normalized spacial score (nSPS) is 9.44. The molecule has 0 heterocycles. The average Bonchev–Trinajstić information content (AvgIpc) is 1.80. The third-order valence-corrected chi connectivity index (χ3v) is 1.05. The summed E-state index contributed by atoms with van der Waals surface area (Å²) in [7, 11) is 0. The Kier molecular flexibility index (Phi) is 1.30. The Labute approximate surface area is 53.4 Å². The molecule has 1 aromatic rings. The molecule has 1 rings (SSSR count). The highest BCUT2D eigenvalue weighted by Gasteiger charge is 1.96. The fourth-order valence-electron chi connectivity index (χ4n) is 0.543. The zero-order valence-corrected chi connectivity index (χ0v) is 4.79.